The third kappa shape index (κ3) is 4.60. The highest BCUT2D eigenvalue weighted by Crippen LogP contribution is 2.31. The van der Waals surface area contributed by atoms with Crippen LogP contribution < -0.4 is 14.8 Å². The number of likely N-dealkylation sites (N-methyl/N-ethyl adjacent to an activating group) is 2. The number of amides is 2. The highest BCUT2D eigenvalue weighted by atomic mass is 16.6. The minimum atomic E-state index is -0.226. The fourth-order valence-electron chi connectivity index (χ4n) is 3.46. The number of benzene rings is 1. The normalized spacial score (nSPS) is 18.5. The molecule has 1 aromatic carbocycles. The van der Waals surface area contributed by atoms with Crippen molar-refractivity contribution in [1.29, 1.82) is 0 Å². The van der Waals surface area contributed by atoms with Crippen molar-refractivity contribution in [3.63, 3.8) is 0 Å². The largest absolute Gasteiger partial charge is 0.486 e. The van der Waals surface area contributed by atoms with E-state index in [0.29, 0.717) is 37.8 Å². The Morgan fingerprint density at radius 3 is 2.97 bits per heavy atom. The Morgan fingerprint density at radius 2 is 2.13 bits per heavy atom. The predicted molar refractivity (Wildman–Crippen MR) is 112 cm³/mol. The molecule has 0 spiro atoms. The lowest BCUT2D eigenvalue weighted by Gasteiger charge is -2.29. The molecule has 0 saturated carbocycles. The van der Waals surface area contributed by atoms with Gasteiger partial charge in [-0.05, 0) is 36.9 Å². The van der Waals surface area contributed by atoms with Crippen LogP contribution in [-0.2, 0) is 16.1 Å². The summed E-state index contributed by atoms with van der Waals surface area (Å²) in [6.07, 6.45) is 4.66. The molecule has 1 N–H and O–H groups in total. The number of para-hydroxylation sites is 2. The van der Waals surface area contributed by atoms with E-state index in [1.54, 1.807) is 24.2 Å². The van der Waals surface area contributed by atoms with Crippen LogP contribution in [0.5, 0.6) is 11.5 Å². The van der Waals surface area contributed by atoms with E-state index in [4.69, 9.17) is 9.47 Å². The minimum absolute atomic E-state index is 0.0830. The monoisotopic (exact) mass is 408 g/mol. The van der Waals surface area contributed by atoms with Crippen LogP contribution in [-0.4, -0.2) is 66.5 Å². The van der Waals surface area contributed by atoms with Gasteiger partial charge in [0.05, 0.1) is 13.1 Å². The lowest BCUT2D eigenvalue weighted by atomic mass is 10.1. The number of ether oxygens (including phenoxy) is 2. The SMILES string of the molecule is CN1CC(=O)Nc2ncc(C=CC(=O)N(C)CC3COc4ccccc4O3)cc2C1. The van der Waals surface area contributed by atoms with Crippen LogP contribution >= 0.6 is 0 Å². The smallest absolute Gasteiger partial charge is 0.246 e. The first-order chi connectivity index (χ1) is 14.5. The van der Waals surface area contributed by atoms with Crippen LogP contribution in [0, 0.1) is 0 Å². The molecule has 1 aromatic heterocycles. The Kier molecular flexibility index (Phi) is 5.67. The second-order valence-electron chi connectivity index (χ2n) is 7.55. The first kappa shape index (κ1) is 19.9. The van der Waals surface area contributed by atoms with Gasteiger partial charge in [0.15, 0.2) is 17.6 Å². The maximum atomic E-state index is 12.5. The third-order valence-electron chi connectivity index (χ3n) is 4.94. The molecule has 2 amide bonds. The number of hydrogen-bond acceptors (Lipinski definition) is 6. The molecule has 156 valence electrons. The van der Waals surface area contributed by atoms with Gasteiger partial charge in [-0.3, -0.25) is 14.5 Å². The standard InChI is InChI=1S/C22H24N4O4/c1-25-11-16-9-15(10-23-22(16)24-20(27)13-25)7-8-21(28)26(2)12-17-14-29-18-5-3-4-6-19(18)30-17/h3-10,17H,11-14H2,1-2H3,(H,23,24,27). The zero-order valence-electron chi connectivity index (χ0n) is 17.0. The number of anilines is 1. The zero-order valence-corrected chi connectivity index (χ0v) is 17.0. The third-order valence-corrected chi connectivity index (χ3v) is 4.94. The Morgan fingerprint density at radius 1 is 1.33 bits per heavy atom. The minimum Gasteiger partial charge on any atom is -0.486 e. The number of carbonyl (C=O) groups excluding carboxylic acids is 2. The molecular formula is C22H24N4O4. The van der Waals surface area contributed by atoms with E-state index in [-0.39, 0.29) is 17.9 Å². The Labute approximate surface area is 175 Å². The number of pyridine rings is 1. The summed E-state index contributed by atoms with van der Waals surface area (Å²) in [6, 6.07) is 9.44. The number of nitrogens with one attached hydrogen (secondary N) is 1. The van der Waals surface area contributed by atoms with Gasteiger partial charge >= 0.3 is 0 Å². The number of hydrogen-bond donors (Lipinski definition) is 1. The summed E-state index contributed by atoms with van der Waals surface area (Å²) in [5.41, 5.74) is 1.71. The van der Waals surface area contributed by atoms with Gasteiger partial charge in [0.25, 0.3) is 0 Å². The molecule has 0 aliphatic carbocycles. The van der Waals surface area contributed by atoms with Crippen molar-refractivity contribution in [2.75, 3.05) is 39.1 Å². The van der Waals surface area contributed by atoms with Crippen molar-refractivity contribution in [3.05, 3.63) is 53.7 Å². The van der Waals surface area contributed by atoms with E-state index >= 15 is 0 Å². The summed E-state index contributed by atoms with van der Waals surface area (Å²) in [5.74, 6) is 1.76. The summed E-state index contributed by atoms with van der Waals surface area (Å²) in [6.45, 7) is 1.74. The maximum Gasteiger partial charge on any atom is 0.246 e. The van der Waals surface area contributed by atoms with Gasteiger partial charge in [0, 0.05) is 31.4 Å². The van der Waals surface area contributed by atoms with E-state index < -0.39 is 0 Å². The fraction of sp³-hybridized carbons (Fsp3) is 0.318. The van der Waals surface area contributed by atoms with Crippen molar-refractivity contribution in [2.24, 2.45) is 0 Å². The fourth-order valence-corrected chi connectivity index (χ4v) is 3.46. The molecule has 3 heterocycles. The molecule has 0 radical (unpaired) electrons. The molecule has 0 saturated heterocycles. The Hall–Kier alpha value is -3.39. The van der Waals surface area contributed by atoms with Gasteiger partial charge in [0.2, 0.25) is 11.8 Å². The van der Waals surface area contributed by atoms with Crippen molar-refractivity contribution >= 4 is 23.7 Å². The summed E-state index contributed by atoms with van der Waals surface area (Å²) < 4.78 is 11.6. The zero-order chi connectivity index (χ0) is 21.1. The molecule has 8 nitrogen and oxygen atoms in total. The van der Waals surface area contributed by atoms with Crippen molar-refractivity contribution in [3.8, 4) is 11.5 Å². The molecule has 1 unspecified atom stereocenters. The van der Waals surface area contributed by atoms with Crippen molar-refractivity contribution < 1.29 is 19.1 Å². The van der Waals surface area contributed by atoms with Crippen LogP contribution in [0.3, 0.4) is 0 Å². The first-order valence-electron chi connectivity index (χ1n) is 9.77. The lowest BCUT2D eigenvalue weighted by Crippen LogP contribution is -2.41. The highest BCUT2D eigenvalue weighted by molar-refractivity contribution is 5.93. The number of aromatic nitrogens is 1. The van der Waals surface area contributed by atoms with Crippen molar-refractivity contribution in [1.82, 2.24) is 14.8 Å². The molecular weight excluding hydrogens is 384 g/mol. The molecule has 0 bridgehead atoms. The molecule has 30 heavy (non-hydrogen) atoms. The van der Waals surface area contributed by atoms with E-state index in [1.165, 1.54) is 6.08 Å². The van der Waals surface area contributed by atoms with E-state index in [0.717, 1.165) is 16.9 Å². The number of nitrogens with zero attached hydrogens (tertiary/aromatic N) is 3. The molecule has 4 rings (SSSR count). The van der Waals surface area contributed by atoms with Gasteiger partial charge in [-0.25, -0.2) is 4.98 Å². The molecule has 0 fully saturated rings. The van der Waals surface area contributed by atoms with Crippen LogP contribution in [0.4, 0.5) is 5.82 Å². The van der Waals surface area contributed by atoms with Gasteiger partial charge < -0.3 is 19.7 Å². The molecule has 2 aliphatic heterocycles. The summed E-state index contributed by atoms with van der Waals surface area (Å²) in [4.78, 5) is 32.2. The average molecular weight is 408 g/mol. The number of rotatable bonds is 4. The first-order valence-corrected chi connectivity index (χ1v) is 9.77. The van der Waals surface area contributed by atoms with Gasteiger partial charge in [-0.15, -0.1) is 0 Å². The highest BCUT2D eigenvalue weighted by Gasteiger charge is 2.23. The second kappa shape index (κ2) is 8.54. The second-order valence-corrected chi connectivity index (χ2v) is 7.55. The molecule has 2 aliphatic rings. The van der Waals surface area contributed by atoms with Crippen LogP contribution in [0.25, 0.3) is 6.08 Å². The van der Waals surface area contributed by atoms with Gasteiger partial charge in [-0.2, -0.15) is 0 Å². The molecule has 2 aromatic rings. The average Bonchev–Trinajstić information content (AvgIpc) is 2.87. The topological polar surface area (TPSA) is 84.0 Å². The summed E-state index contributed by atoms with van der Waals surface area (Å²) in [7, 11) is 3.61. The quantitative estimate of drug-likeness (QED) is 0.777. The summed E-state index contributed by atoms with van der Waals surface area (Å²) >= 11 is 0. The van der Waals surface area contributed by atoms with Crippen LogP contribution in [0.2, 0.25) is 0 Å². The number of carbonyl (C=O) groups is 2. The lowest BCUT2D eigenvalue weighted by molar-refractivity contribution is -0.126. The van der Waals surface area contributed by atoms with Gasteiger partial charge in [-0.1, -0.05) is 12.1 Å². The van der Waals surface area contributed by atoms with E-state index in [9.17, 15) is 9.59 Å². The van der Waals surface area contributed by atoms with Crippen LogP contribution in [0.15, 0.2) is 42.6 Å². The number of fused-ring (bicyclic) bond motifs is 2. The maximum absolute atomic E-state index is 12.5. The van der Waals surface area contributed by atoms with E-state index in [1.807, 2.05) is 42.3 Å². The molecule has 8 heteroatoms. The predicted octanol–water partition coefficient (Wildman–Crippen LogP) is 1.78. The van der Waals surface area contributed by atoms with E-state index in [2.05, 4.69) is 10.3 Å². The van der Waals surface area contributed by atoms with Crippen molar-refractivity contribution in [2.45, 2.75) is 12.6 Å². The Balaban J connectivity index is 1.37. The molecule has 1 atom stereocenters. The van der Waals surface area contributed by atoms with Gasteiger partial charge in [0.1, 0.15) is 12.4 Å². The summed E-state index contributed by atoms with van der Waals surface area (Å²) in [5, 5.41) is 2.80. The Bertz CT molecular complexity index is 991. The van der Waals surface area contributed by atoms with Crippen LogP contribution in [0.1, 0.15) is 11.1 Å².